The molecule has 0 aromatic carbocycles. The molecule has 20 heavy (non-hydrogen) atoms. The number of nitrogens with zero attached hydrogens (tertiary/aromatic N) is 3. The fourth-order valence-corrected chi connectivity index (χ4v) is 3.05. The van der Waals surface area contributed by atoms with Crippen molar-refractivity contribution in [2.75, 3.05) is 6.26 Å². The number of thioether (sulfide) groups is 1. The zero-order valence-corrected chi connectivity index (χ0v) is 11.9. The molecule has 0 amide bonds. The van der Waals surface area contributed by atoms with Gasteiger partial charge in [0, 0.05) is 12.0 Å². The highest BCUT2D eigenvalue weighted by Gasteiger charge is 2.31. The van der Waals surface area contributed by atoms with Crippen LogP contribution in [0.4, 0.5) is 0 Å². The van der Waals surface area contributed by atoms with E-state index in [1.165, 1.54) is 11.8 Å². The quantitative estimate of drug-likeness (QED) is 0.683. The zero-order chi connectivity index (χ0) is 13.9. The van der Waals surface area contributed by atoms with Gasteiger partial charge in [0.1, 0.15) is 16.2 Å². The van der Waals surface area contributed by atoms with Crippen molar-refractivity contribution >= 4 is 22.8 Å². The molecule has 4 rings (SSSR count). The molecule has 2 aliphatic rings. The van der Waals surface area contributed by atoms with Crippen molar-refractivity contribution in [3.8, 4) is 0 Å². The molecule has 0 spiro atoms. The number of hydrogen-bond donors (Lipinski definition) is 1. The van der Waals surface area contributed by atoms with Crippen LogP contribution in [0.1, 0.15) is 43.5 Å². The maximum atomic E-state index is 12.1. The molecule has 2 heterocycles. The summed E-state index contributed by atoms with van der Waals surface area (Å²) in [6.07, 6.45) is 6.02. The van der Waals surface area contributed by atoms with Crippen LogP contribution in [0, 0.1) is 0 Å². The molecule has 0 saturated heterocycles. The van der Waals surface area contributed by atoms with Crippen LogP contribution in [-0.4, -0.2) is 25.8 Å². The second kappa shape index (κ2) is 4.18. The summed E-state index contributed by atoms with van der Waals surface area (Å²) in [5.41, 5.74) is -0.214. The summed E-state index contributed by atoms with van der Waals surface area (Å²) in [4.78, 5) is 35.6. The van der Waals surface area contributed by atoms with E-state index >= 15 is 0 Å². The van der Waals surface area contributed by atoms with Crippen LogP contribution in [0.5, 0.6) is 0 Å². The minimum absolute atomic E-state index is 0.179. The molecule has 0 atom stereocenters. The Bertz CT molecular complexity index is 817. The van der Waals surface area contributed by atoms with Crippen molar-refractivity contribution in [1.82, 2.24) is 19.5 Å². The molecule has 2 fully saturated rings. The van der Waals surface area contributed by atoms with Crippen molar-refractivity contribution in [3.63, 3.8) is 0 Å². The molecule has 2 aromatic rings. The van der Waals surface area contributed by atoms with Gasteiger partial charge in [-0.1, -0.05) is 0 Å². The highest BCUT2D eigenvalue weighted by molar-refractivity contribution is 7.98. The fourth-order valence-electron chi connectivity index (χ4n) is 2.48. The van der Waals surface area contributed by atoms with Crippen LogP contribution in [0.3, 0.4) is 0 Å². The van der Waals surface area contributed by atoms with Crippen molar-refractivity contribution < 1.29 is 0 Å². The Kier molecular flexibility index (Phi) is 2.54. The molecular weight excluding hydrogens is 276 g/mol. The summed E-state index contributed by atoms with van der Waals surface area (Å²) in [7, 11) is 0. The van der Waals surface area contributed by atoms with Crippen molar-refractivity contribution in [1.29, 1.82) is 0 Å². The lowest BCUT2D eigenvalue weighted by Gasteiger charge is -2.10. The van der Waals surface area contributed by atoms with Crippen LogP contribution >= 0.6 is 11.8 Å². The Balaban J connectivity index is 2.12. The molecule has 2 saturated carbocycles. The standard InChI is InChI=1S/C13H14N4O2S/c1-20-12-8-10(14-9(15-12)6-2-3-6)17(7-4-5-7)13(19)16-11(8)18/h6-7H,2-5H2,1H3,(H,16,18,19). The van der Waals surface area contributed by atoms with Gasteiger partial charge in [0.15, 0.2) is 5.65 Å². The lowest BCUT2D eigenvalue weighted by Crippen LogP contribution is -2.31. The highest BCUT2D eigenvalue weighted by Crippen LogP contribution is 2.40. The molecule has 0 aliphatic heterocycles. The number of nitrogens with one attached hydrogen (secondary N) is 1. The Morgan fingerprint density at radius 3 is 2.55 bits per heavy atom. The first kappa shape index (κ1) is 12.1. The lowest BCUT2D eigenvalue weighted by molar-refractivity contribution is 0.691. The summed E-state index contributed by atoms with van der Waals surface area (Å²) >= 11 is 1.43. The van der Waals surface area contributed by atoms with E-state index in [2.05, 4.69) is 15.0 Å². The van der Waals surface area contributed by atoms with Gasteiger partial charge < -0.3 is 0 Å². The summed E-state index contributed by atoms with van der Waals surface area (Å²) < 4.78 is 1.64. The van der Waals surface area contributed by atoms with E-state index in [4.69, 9.17) is 0 Å². The summed E-state index contributed by atoms with van der Waals surface area (Å²) in [6.45, 7) is 0. The van der Waals surface area contributed by atoms with Gasteiger partial charge in [0.05, 0.1) is 0 Å². The number of fused-ring (bicyclic) bond motifs is 1. The van der Waals surface area contributed by atoms with E-state index in [1.807, 2.05) is 6.26 Å². The third kappa shape index (κ3) is 1.80. The Hall–Kier alpha value is -1.63. The van der Waals surface area contributed by atoms with Crippen LogP contribution in [0.15, 0.2) is 14.6 Å². The first-order valence-corrected chi connectivity index (χ1v) is 8.02. The largest absolute Gasteiger partial charge is 0.330 e. The van der Waals surface area contributed by atoms with Gasteiger partial charge in [-0.15, -0.1) is 11.8 Å². The summed E-state index contributed by atoms with van der Waals surface area (Å²) in [5.74, 6) is 1.17. The molecule has 104 valence electrons. The molecular formula is C13H14N4O2S. The minimum Gasteiger partial charge on any atom is -0.274 e. The Labute approximate surface area is 118 Å². The van der Waals surface area contributed by atoms with Crippen LogP contribution in [-0.2, 0) is 0 Å². The van der Waals surface area contributed by atoms with E-state index in [1.54, 1.807) is 4.57 Å². The molecule has 0 bridgehead atoms. The molecule has 7 heteroatoms. The van der Waals surface area contributed by atoms with Crippen molar-refractivity contribution in [3.05, 3.63) is 26.7 Å². The van der Waals surface area contributed by atoms with Gasteiger partial charge in [-0.25, -0.2) is 14.8 Å². The molecule has 6 nitrogen and oxygen atoms in total. The van der Waals surface area contributed by atoms with Gasteiger partial charge in [0.2, 0.25) is 0 Å². The van der Waals surface area contributed by atoms with Gasteiger partial charge >= 0.3 is 5.69 Å². The minimum atomic E-state index is -0.381. The van der Waals surface area contributed by atoms with Crippen molar-refractivity contribution in [2.45, 2.75) is 42.7 Å². The average molecular weight is 290 g/mol. The highest BCUT2D eigenvalue weighted by atomic mass is 32.2. The monoisotopic (exact) mass is 290 g/mol. The normalized spacial score (nSPS) is 18.6. The van der Waals surface area contributed by atoms with Gasteiger partial charge in [0.25, 0.3) is 5.56 Å². The summed E-state index contributed by atoms with van der Waals surface area (Å²) in [5, 5.41) is 1.13. The molecule has 2 aromatic heterocycles. The fraction of sp³-hybridized carbons (Fsp3) is 0.538. The Morgan fingerprint density at radius 1 is 1.20 bits per heavy atom. The lowest BCUT2D eigenvalue weighted by atomic mass is 10.3. The molecule has 0 unspecified atom stereocenters. The number of rotatable bonds is 3. The van der Waals surface area contributed by atoms with Gasteiger partial charge in [-0.2, -0.15) is 0 Å². The van der Waals surface area contributed by atoms with E-state index in [-0.39, 0.29) is 17.3 Å². The number of aromatic amines is 1. The topological polar surface area (TPSA) is 80.6 Å². The number of hydrogen-bond acceptors (Lipinski definition) is 5. The second-order valence-electron chi connectivity index (χ2n) is 5.42. The van der Waals surface area contributed by atoms with Crippen LogP contribution < -0.4 is 11.2 Å². The molecule has 2 aliphatic carbocycles. The third-order valence-corrected chi connectivity index (χ3v) is 4.50. The van der Waals surface area contributed by atoms with Gasteiger partial charge in [-0.3, -0.25) is 14.3 Å². The first-order chi connectivity index (χ1) is 9.69. The predicted molar refractivity (Wildman–Crippen MR) is 76.4 cm³/mol. The van der Waals surface area contributed by atoms with E-state index in [0.717, 1.165) is 31.5 Å². The first-order valence-electron chi connectivity index (χ1n) is 6.79. The van der Waals surface area contributed by atoms with E-state index in [9.17, 15) is 9.59 Å². The molecule has 0 radical (unpaired) electrons. The molecule has 1 N–H and O–H groups in total. The maximum absolute atomic E-state index is 12.1. The number of H-pyrrole nitrogens is 1. The zero-order valence-electron chi connectivity index (χ0n) is 11.0. The number of aromatic nitrogens is 4. The summed E-state index contributed by atoms with van der Waals surface area (Å²) in [6, 6.07) is 0.179. The van der Waals surface area contributed by atoms with Crippen molar-refractivity contribution in [2.24, 2.45) is 0 Å². The van der Waals surface area contributed by atoms with Crippen LogP contribution in [0.25, 0.3) is 11.0 Å². The van der Waals surface area contributed by atoms with Crippen LogP contribution in [0.2, 0.25) is 0 Å². The second-order valence-corrected chi connectivity index (χ2v) is 6.22. The average Bonchev–Trinajstić information content (AvgIpc) is 3.27. The predicted octanol–water partition coefficient (Wildman–Crippen LogP) is 1.41. The van der Waals surface area contributed by atoms with E-state index < -0.39 is 0 Å². The van der Waals surface area contributed by atoms with E-state index in [0.29, 0.717) is 22.0 Å². The SMILES string of the molecule is CSc1nc(C2CC2)nc2c1c(=O)[nH]c(=O)n2C1CC1. The third-order valence-electron chi connectivity index (χ3n) is 3.82. The smallest absolute Gasteiger partial charge is 0.274 e. The van der Waals surface area contributed by atoms with Gasteiger partial charge in [-0.05, 0) is 31.9 Å². The Morgan fingerprint density at radius 2 is 1.95 bits per heavy atom. The maximum Gasteiger partial charge on any atom is 0.330 e.